The minimum atomic E-state index is -0.853. The second kappa shape index (κ2) is 11.9. The molecule has 0 aliphatic carbocycles. The maximum absolute atomic E-state index is 11.0. The Labute approximate surface area is 222 Å². The number of aryl methyl sites for hydroxylation is 2. The van der Waals surface area contributed by atoms with Crippen molar-refractivity contribution in [2.75, 3.05) is 0 Å². The number of benzene rings is 2. The van der Waals surface area contributed by atoms with Gasteiger partial charge < -0.3 is 10.2 Å². The van der Waals surface area contributed by atoms with Crippen LogP contribution in [0.25, 0.3) is 17.3 Å². The number of nitrogens with zero attached hydrogens (tertiary/aromatic N) is 1. The molecule has 0 aliphatic heterocycles. The zero-order chi connectivity index (χ0) is 27.2. The van der Waals surface area contributed by atoms with Gasteiger partial charge in [0, 0.05) is 17.2 Å². The second-order valence-electron chi connectivity index (χ2n) is 10.2. The van der Waals surface area contributed by atoms with Gasteiger partial charge in [-0.1, -0.05) is 82.3 Å². The molecular weight excluding hydrogens is 458 g/mol. The van der Waals surface area contributed by atoms with Gasteiger partial charge in [0.2, 0.25) is 0 Å². The highest BCUT2D eigenvalue weighted by molar-refractivity contribution is 5.71. The molecule has 0 fully saturated rings. The molecule has 2 aromatic carbocycles. The molecule has 0 spiro atoms. The Balaban J connectivity index is 1.96. The number of carbonyl (C=O) groups is 1. The third kappa shape index (κ3) is 6.19. The first-order valence-corrected chi connectivity index (χ1v) is 13.4. The van der Waals surface area contributed by atoms with Gasteiger partial charge in [0.1, 0.15) is 0 Å². The lowest BCUT2D eigenvalue weighted by Gasteiger charge is -2.34. The van der Waals surface area contributed by atoms with Crippen LogP contribution in [0.2, 0.25) is 0 Å². The largest absolute Gasteiger partial charge is 0.481 e. The van der Waals surface area contributed by atoms with Crippen LogP contribution in [0.15, 0.2) is 60.8 Å². The topological polar surface area (TPSA) is 70.4 Å². The number of carboxylic acids is 1. The summed E-state index contributed by atoms with van der Waals surface area (Å²) in [5.74, 6) is -0.853. The van der Waals surface area contributed by atoms with Crippen LogP contribution in [0.5, 0.6) is 0 Å². The minimum Gasteiger partial charge on any atom is -0.481 e. The number of aliphatic carboxylic acids is 1. The third-order valence-corrected chi connectivity index (χ3v) is 8.06. The molecular formula is C33H41NO3. The molecule has 0 saturated carbocycles. The van der Waals surface area contributed by atoms with Crippen molar-refractivity contribution in [3.8, 4) is 11.3 Å². The standard InChI is InChI=1S/C33H41NO3/c1-7-32(37,8-2)18-17-26-12-13-27(19-23(26)5)33(9-3,10-4)28-14-15-29(24(6)20-28)30-16-11-25(22-34-30)21-31(35)36/h11-20,22,37H,7-10,21H2,1-6H3,(H,35,36)/b18-17+. The molecule has 3 rings (SSSR count). The highest BCUT2D eigenvalue weighted by Gasteiger charge is 2.31. The van der Waals surface area contributed by atoms with E-state index in [1.165, 1.54) is 16.7 Å². The summed E-state index contributed by atoms with van der Waals surface area (Å²) in [6.45, 7) is 12.8. The van der Waals surface area contributed by atoms with E-state index in [-0.39, 0.29) is 11.8 Å². The Bertz CT molecular complexity index is 1250. The maximum Gasteiger partial charge on any atom is 0.307 e. The number of hydrogen-bond acceptors (Lipinski definition) is 3. The molecule has 2 N–H and O–H groups in total. The van der Waals surface area contributed by atoms with Crippen molar-refractivity contribution in [1.82, 2.24) is 4.98 Å². The normalized spacial score (nSPS) is 12.3. The van der Waals surface area contributed by atoms with E-state index in [0.717, 1.165) is 35.2 Å². The number of pyridine rings is 1. The zero-order valence-electron chi connectivity index (χ0n) is 23.1. The molecule has 0 unspecified atom stereocenters. The van der Waals surface area contributed by atoms with Crippen LogP contribution in [-0.2, 0) is 16.6 Å². The Kier molecular flexibility index (Phi) is 9.09. The SMILES string of the molecule is CCC(O)(/C=C/c1ccc(C(CC)(CC)c2ccc(-c3ccc(CC(=O)O)cn3)c(C)c2)cc1C)CC. The first-order valence-electron chi connectivity index (χ1n) is 13.4. The third-order valence-electron chi connectivity index (χ3n) is 8.06. The summed E-state index contributed by atoms with van der Waals surface area (Å²) in [6, 6.07) is 17.1. The zero-order valence-corrected chi connectivity index (χ0v) is 23.1. The monoisotopic (exact) mass is 499 g/mol. The Morgan fingerprint density at radius 1 is 0.865 bits per heavy atom. The van der Waals surface area contributed by atoms with E-state index >= 15 is 0 Å². The van der Waals surface area contributed by atoms with Gasteiger partial charge in [0.05, 0.1) is 17.7 Å². The molecule has 37 heavy (non-hydrogen) atoms. The predicted molar refractivity (Wildman–Crippen MR) is 153 cm³/mol. The van der Waals surface area contributed by atoms with Gasteiger partial charge in [-0.15, -0.1) is 0 Å². The van der Waals surface area contributed by atoms with Crippen molar-refractivity contribution in [2.24, 2.45) is 0 Å². The fraction of sp³-hybridized carbons (Fsp3) is 0.394. The quantitative estimate of drug-likeness (QED) is 0.284. The number of hydrogen-bond donors (Lipinski definition) is 2. The number of carboxylic acid groups (broad SMARTS) is 1. The highest BCUT2D eigenvalue weighted by atomic mass is 16.4. The Morgan fingerprint density at radius 3 is 1.97 bits per heavy atom. The van der Waals surface area contributed by atoms with E-state index < -0.39 is 11.6 Å². The van der Waals surface area contributed by atoms with Crippen molar-refractivity contribution < 1.29 is 15.0 Å². The number of aromatic nitrogens is 1. The van der Waals surface area contributed by atoms with Crippen molar-refractivity contribution in [3.05, 3.63) is 94.2 Å². The second-order valence-corrected chi connectivity index (χ2v) is 10.2. The summed E-state index contributed by atoms with van der Waals surface area (Å²) < 4.78 is 0. The highest BCUT2D eigenvalue weighted by Crippen LogP contribution is 2.41. The first-order chi connectivity index (χ1) is 17.6. The summed E-state index contributed by atoms with van der Waals surface area (Å²) in [6.07, 6.45) is 8.97. The van der Waals surface area contributed by atoms with Gasteiger partial charge in [-0.3, -0.25) is 9.78 Å². The first kappa shape index (κ1) is 28.3. The van der Waals surface area contributed by atoms with Gasteiger partial charge in [-0.25, -0.2) is 0 Å². The Morgan fingerprint density at radius 2 is 1.49 bits per heavy atom. The van der Waals surface area contributed by atoms with E-state index in [2.05, 4.69) is 75.2 Å². The van der Waals surface area contributed by atoms with E-state index in [1.807, 2.05) is 32.1 Å². The molecule has 0 amide bonds. The average molecular weight is 500 g/mol. The van der Waals surface area contributed by atoms with Gasteiger partial charge in [-0.2, -0.15) is 0 Å². The van der Waals surface area contributed by atoms with Gasteiger partial charge in [-0.05, 0) is 79.0 Å². The van der Waals surface area contributed by atoms with E-state index in [9.17, 15) is 9.90 Å². The van der Waals surface area contributed by atoms with E-state index in [1.54, 1.807) is 6.20 Å². The summed E-state index contributed by atoms with van der Waals surface area (Å²) in [5.41, 5.74) is 7.82. The summed E-state index contributed by atoms with van der Waals surface area (Å²) in [5, 5.41) is 19.7. The molecule has 0 radical (unpaired) electrons. The number of rotatable bonds is 11. The van der Waals surface area contributed by atoms with Crippen LogP contribution in [0.1, 0.15) is 86.8 Å². The Hall–Kier alpha value is -3.24. The van der Waals surface area contributed by atoms with Gasteiger partial charge in [0.25, 0.3) is 0 Å². The smallest absolute Gasteiger partial charge is 0.307 e. The van der Waals surface area contributed by atoms with Crippen LogP contribution >= 0.6 is 0 Å². The predicted octanol–water partition coefficient (Wildman–Crippen LogP) is 7.66. The van der Waals surface area contributed by atoms with Crippen LogP contribution < -0.4 is 0 Å². The van der Waals surface area contributed by atoms with E-state index in [0.29, 0.717) is 18.4 Å². The average Bonchev–Trinajstić information content (AvgIpc) is 2.89. The molecule has 4 heteroatoms. The van der Waals surface area contributed by atoms with Crippen molar-refractivity contribution in [3.63, 3.8) is 0 Å². The van der Waals surface area contributed by atoms with Crippen LogP contribution in [0.4, 0.5) is 0 Å². The summed E-state index contributed by atoms with van der Waals surface area (Å²) >= 11 is 0. The minimum absolute atomic E-state index is 0.0210. The van der Waals surface area contributed by atoms with Crippen LogP contribution in [0.3, 0.4) is 0 Å². The lowest BCUT2D eigenvalue weighted by Crippen LogP contribution is -2.26. The molecule has 4 nitrogen and oxygen atoms in total. The molecule has 3 aromatic rings. The van der Waals surface area contributed by atoms with Crippen LogP contribution in [-0.4, -0.2) is 26.8 Å². The molecule has 0 aliphatic rings. The molecule has 0 atom stereocenters. The molecule has 0 saturated heterocycles. The van der Waals surface area contributed by atoms with Crippen molar-refractivity contribution >= 4 is 12.0 Å². The van der Waals surface area contributed by atoms with Gasteiger partial charge in [0.15, 0.2) is 0 Å². The van der Waals surface area contributed by atoms with Crippen LogP contribution in [0, 0.1) is 13.8 Å². The summed E-state index contributed by atoms with van der Waals surface area (Å²) in [4.78, 5) is 15.5. The van der Waals surface area contributed by atoms with Crippen molar-refractivity contribution in [1.29, 1.82) is 0 Å². The fourth-order valence-electron chi connectivity index (χ4n) is 5.24. The molecule has 196 valence electrons. The van der Waals surface area contributed by atoms with Gasteiger partial charge >= 0.3 is 5.97 Å². The molecule has 0 bridgehead atoms. The lowest BCUT2D eigenvalue weighted by molar-refractivity contribution is -0.136. The lowest BCUT2D eigenvalue weighted by atomic mass is 9.69. The summed E-state index contributed by atoms with van der Waals surface area (Å²) in [7, 11) is 0. The fourth-order valence-corrected chi connectivity index (χ4v) is 5.24. The molecule has 1 heterocycles. The number of aliphatic hydroxyl groups is 1. The maximum atomic E-state index is 11.0. The van der Waals surface area contributed by atoms with Crippen molar-refractivity contribution in [2.45, 2.75) is 84.7 Å². The molecule has 1 aromatic heterocycles. The van der Waals surface area contributed by atoms with E-state index in [4.69, 9.17) is 5.11 Å².